The molecule has 0 atom stereocenters. The van der Waals surface area contributed by atoms with Crippen LogP contribution in [0.2, 0.25) is 0 Å². The minimum absolute atomic E-state index is 0.0449. The Morgan fingerprint density at radius 1 is 1.10 bits per heavy atom. The van der Waals surface area contributed by atoms with E-state index in [1.807, 2.05) is 29.2 Å². The smallest absolute Gasteiger partial charge is 0.270 e. The van der Waals surface area contributed by atoms with E-state index in [1.54, 1.807) is 6.92 Å². The third-order valence-corrected chi connectivity index (χ3v) is 8.00. The number of fused-ring (bicyclic) bond motifs is 1. The maximum Gasteiger partial charge on any atom is 0.270 e. The van der Waals surface area contributed by atoms with E-state index in [0.29, 0.717) is 24.9 Å². The molecule has 1 saturated heterocycles. The van der Waals surface area contributed by atoms with Crippen LogP contribution in [0.25, 0.3) is 0 Å². The summed E-state index contributed by atoms with van der Waals surface area (Å²) in [6.45, 7) is 2.72. The molecule has 1 amide bonds. The standard InChI is InChI=1S/C21H23N3O5S/c1-15-6-7-18(24(26)27)14-20(15)30(28,29)22-11-8-17(9-12-22)21(25)23-13-10-16-4-2-3-5-19(16)23/h2-7,14,17H,8-13H2,1H3. The average Bonchev–Trinajstić information content (AvgIpc) is 3.17. The third-order valence-electron chi connectivity index (χ3n) is 5.96. The van der Waals surface area contributed by atoms with Gasteiger partial charge < -0.3 is 4.90 Å². The van der Waals surface area contributed by atoms with Crippen LogP contribution in [0.4, 0.5) is 11.4 Å². The van der Waals surface area contributed by atoms with Crippen molar-refractivity contribution in [1.82, 2.24) is 4.31 Å². The lowest BCUT2D eigenvalue weighted by Crippen LogP contribution is -2.44. The lowest BCUT2D eigenvalue weighted by Gasteiger charge is -2.32. The van der Waals surface area contributed by atoms with Crippen molar-refractivity contribution in [2.75, 3.05) is 24.5 Å². The fourth-order valence-electron chi connectivity index (χ4n) is 4.25. The van der Waals surface area contributed by atoms with Gasteiger partial charge >= 0.3 is 0 Å². The van der Waals surface area contributed by atoms with Crippen molar-refractivity contribution < 1.29 is 18.1 Å². The number of benzene rings is 2. The molecule has 2 aliphatic heterocycles. The number of hydrogen-bond donors (Lipinski definition) is 0. The van der Waals surface area contributed by atoms with Crippen LogP contribution >= 0.6 is 0 Å². The molecule has 1 fully saturated rings. The predicted molar refractivity (Wildman–Crippen MR) is 112 cm³/mol. The highest BCUT2D eigenvalue weighted by Gasteiger charge is 2.36. The molecule has 0 spiro atoms. The van der Waals surface area contributed by atoms with Crippen LogP contribution in [0.1, 0.15) is 24.0 Å². The van der Waals surface area contributed by atoms with Gasteiger partial charge in [-0.05, 0) is 43.4 Å². The molecule has 9 heteroatoms. The Morgan fingerprint density at radius 3 is 2.50 bits per heavy atom. The van der Waals surface area contributed by atoms with E-state index >= 15 is 0 Å². The van der Waals surface area contributed by atoms with E-state index in [2.05, 4.69) is 0 Å². The van der Waals surface area contributed by atoms with E-state index in [-0.39, 0.29) is 35.5 Å². The monoisotopic (exact) mass is 429 g/mol. The summed E-state index contributed by atoms with van der Waals surface area (Å²) in [5.41, 5.74) is 2.32. The molecule has 0 saturated carbocycles. The molecular formula is C21H23N3O5S. The van der Waals surface area contributed by atoms with Gasteiger partial charge in [0.05, 0.1) is 9.82 Å². The summed E-state index contributed by atoms with van der Waals surface area (Å²) in [5.74, 6) is -0.183. The Bertz CT molecular complexity index is 1110. The van der Waals surface area contributed by atoms with Crippen LogP contribution in [0.5, 0.6) is 0 Å². The summed E-state index contributed by atoms with van der Waals surface area (Å²) >= 11 is 0. The number of piperidine rings is 1. The first-order valence-corrected chi connectivity index (χ1v) is 11.4. The van der Waals surface area contributed by atoms with Crippen LogP contribution in [0.3, 0.4) is 0 Å². The Labute approximate surface area is 175 Å². The number of rotatable bonds is 4. The highest BCUT2D eigenvalue weighted by atomic mass is 32.2. The van der Waals surface area contributed by atoms with Gasteiger partial charge in [0, 0.05) is 43.4 Å². The summed E-state index contributed by atoms with van der Waals surface area (Å²) in [6, 6.07) is 11.7. The Hall–Kier alpha value is -2.78. The fraction of sp³-hybridized carbons (Fsp3) is 0.381. The number of anilines is 1. The molecule has 0 radical (unpaired) electrons. The predicted octanol–water partition coefficient (Wildman–Crippen LogP) is 2.89. The minimum Gasteiger partial charge on any atom is -0.312 e. The minimum atomic E-state index is -3.86. The van der Waals surface area contributed by atoms with E-state index in [9.17, 15) is 23.3 Å². The zero-order chi connectivity index (χ0) is 21.5. The molecule has 2 aromatic carbocycles. The van der Waals surface area contributed by atoms with Gasteiger partial charge in [-0.3, -0.25) is 14.9 Å². The number of nitro groups is 1. The first-order valence-electron chi connectivity index (χ1n) is 9.93. The quantitative estimate of drug-likeness (QED) is 0.549. The van der Waals surface area contributed by atoms with Crippen LogP contribution in [-0.4, -0.2) is 43.2 Å². The number of nitrogens with zero attached hydrogens (tertiary/aromatic N) is 3. The van der Waals surface area contributed by atoms with Crippen molar-refractivity contribution >= 4 is 27.3 Å². The molecule has 2 aliphatic rings. The number of carbonyl (C=O) groups is 1. The number of carbonyl (C=O) groups excluding carboxylic acids is 1. The molecular weight excluding hydrogens is 406 g/mol. The van der Waals surface area contributed by atoms with Crippen molar-refractivity contribution in [2.24, 2.45) is 5.92 Å². The largest absolute Gasteiger partial charge is 0.312 e. The number of nitro benzene ring substituents is 1. The number of para-hydroxylation sites is 1. The van der Waals surface area contributed by atoms with Crippen molar-refractivity contribution in [2.45, 2.75) is 31.1 Å². The third kappa shape index (κ3) is 3.59. The van der Waals surface area contributed by atoms with Gasteiger partial charge in [-0.15, -0.1) is 0 Å². The molecule has 8 nitrogen and oxygen atoms in total. The van der Waals surface area contributed by atoms with Crippen molar-refractivity contribution in [1.29, 1.82) is 0 Å². The van der Waals surface area contributed by atoms with E-state index < -0.39 is 14.9 Å². The normalized spacial score (nSPS) is 17.7. The second-order valence-corrected chi connectivity index (χ2v) is 9.66. The summed E-state index contributed by atoms with van der Waals surface area (Å²) in [7, 11) is -3.86. The summed E-state index contributed by atoms with van der Waals surface area (Å²) in [4.78, 5) is 25.3. The highest BCUT2D eigenvalue weighted by Crippen LogP contribution is 2.33. The van der Waals surface area contributed by atoms with Crippen LogP contribution in [0, 0.1) is 23.0 Å². The lowest BCUT2D eigenvalue weighted by atomic mass is 9.96. The first kappa shape index (κ1) is 20.5. The van der Waals surface area contributed by atoms with Gasteiger partial charge in [-0.25, -0.2) is 8.42 Å². The van der Waals surface area contributed by atoms with Gasteiger partial charge in [0.2, 0.25) is 15.9 Å². The van der Waals surface area contributed by atoms with Gasteiger partial charge in [0.25, 0.3) is 5.69 Å². The number of non-ortho nitro benzene ring substituents is 1. The molecule has 0 N–H and O–H groups in total. The second kappa shape index (κ2) is 7.81. The Balaban J connectivity index is 1.48. The lowest BCUT2D eigenvalue weighted by molar-refractivity contribution is -0.385. The molecule has 158 valence electrons. The van der Waals surface area contributed by atoms with Crippen LogP contribution < -0.4 is 4.90 Å². The van der Waals surface area contributed by atoms with Crippen molar-refractivity contribution in [3.8, 4) is 0 Å². The molecule has 0 aliphatic carbocycles. The topological polar surface area (TPSA) is 101 Å². The van der Waals surface area contributed by atoms with Gasteiger partial charge in [-0.2, -0.15) is 4.31 Å². The Kier molecular flexibility index (Phi) is 5.33. The summed E-state index contributed by atoms with van der Waals surface area (Å²) in [5, 5.41) is 11.1. The van der Waals surface area contributed by atoms with Crippen molar-refractivity contribution in [3.63, 3.8) is 0 Å². The van der Waals surface area contributed by atoms with E-state index in [4.69, 9.17) is 0 Å². The zero-order valence-electron chi connectivity index (χ0n) is 16.7. The fourth-order valence-corrected chi connectivity index (χ4v) is 5.96. The average molecular weight is 429 g/mol. The molecule has 2 aromatic rings. The maximum atomic E-state index is 13.1. The summed E-state index contributed by atoms with van der Waals surface area (Å²) < 4.78 is 27.5. The number of aryl methyl sites for hydroxylation is 1. The van der Waals surface area contributed by atoms with Crippen molar-refractivity contribution in [3.05, 3.63) is 63.7 Å². The zero-order valence-corrected chi connectivity index (χ0v) is 17.5. The molecule has 0 aromatic heterocycles. The molecule has 2 heterocycles. The van der Waals surface area contributed by atoms with E-state index in [1.165, 1.54) is 16.4 Å². The molecule has 30 heavy (non-hydrogen) atoms. The molecule has 4 rings (SSSR count). The van der Waals surface area contributed by atoms with E-state index in [0.717, 1.165) is 23.7 Å². The number of hydrogen-bond acceptors (Lipinski definition) is 5. The van der Waals surface area contributed by atoms with Gasteiger partial charge in [0.1, 0.15) is 0 Å². The van der Waals surface area contributed by atoms with Crippen LogP contribution in [0.15, 0.2) is 47.4 Å². The van der Waals surface area contributed by atoms with Crippen LogP contribution in [-0.2, 0) is 21.2 Å². The SMILES string of the molecule is Cc1ccc([N+](=O)[O-])cc1S(=O)(=O)N1CCC(C(=O)N2CCc3ccccc32)CC1. The highest BCUT2D eigenvalue weighted by molar-refractivity contribution is 7.89. The first-order chi connectivity index (χ1) is 14.3. The Morgan fingerprint density at radius 2 is 1.80 bits per heavy atom. The second-order valence-electron chi connectivity index (χ2n) is 7.75. The maximum absolute atomic E-state index is 13.1. The molecule has 0 bridgehead atoms. The van der Waals surface area contributed by atoms with Gasteiger partial charge in [-0.1, -0.05) is 24.3 Å². The number of sulfonamides is 1. The number of amides is 1. The molecule has 0 unspecified atom stereocenters. The summed E-state index contributed by atoms with van der Waals surface area (Å²) in [6.07, 6.45) is 1.70. The van der Waals surface area contributed by atoms with Gasteiger partial charge in [0.15, 0.2) is 0 Å².